The van der Waals surface area contributed by atoms with E-state index in [1.807, 2.05) is 17.5 Å². The van der Waals surface area contributed by atoms with Crippen LogP contribution in [-0.4, -0.2) is 19.1 Å². The van der Waals surface area contributed by atoms with E-state index in [4.69, 9.17) is 4.74 Å². The summed E-state index contributed by atoms with van der Waals surface area (Å²) < 4.78 is 5.31. The summed E-state index contributed by atoms with van der Waals surface area (Å²) in [4.78, 5) is 12.1. The first-order valence-electron chi connectivity index (χ1n) is 5.65. The molecule has 0 unspecified atom stereocenters. The summed E-state index contributed by atoms with van der Waals surface area (Å²) >= 11 is 1.63. The van der Waals surface area contributed by atoms with Gasteiger partial charge in [-0.25, -0.2) is 0 Å². The number of carbonyl (C=O) groups excluding carboxylic acids is 1. The Morgan fingerprint density at radius 1 is 1.56 bits per heavy atom. The second kappa shape index (κ2) is 7.41. The number of carbonyl (C=O) groups is 1. The third kappa shape index (κ3) is 4.77. The lowest BCUT2D eigenvalue weighted by Crippen LogP contribution is -2.19. The minimum atomic E-state index is -0.214. The number of nitrogens with one attached hydrogen (secondary N) is 1. The number of ether oxygens (including phenoxy) is 1. The fourth-order valence-electron chi connectivity index (χ4n) is 1.47. The third-order valence-corrected chi connectivity index (χ3v) is 3.14. The number of esters is 1. The summed E-state index contributed by atoms with van der Waals surface area (Å²) in [5.41, 5.74) is 0. The molecule has 0 radical (unpaired) electrons. The molecule has 0 aliphatic carbocycles. The van der Waals surface area contributed by atoms with Crippen molar-refractivity contribution in [1.82, 2.24) is 5.32 Å². The summed E-state index contributed by atoms with van der Waals surface area (Å²) in [5.74, 6) is -0.214. The van der Waals surface area contributed by atoms with Crippen LogP contribution in [0.25, 0.3) is 0 Å². The molecular formula is C12H19NO2S. The van der Waals surface area contributed by atoms with Crippen molar-refractivity contribution in [1.29, 1.82) is 0 Å². The molecule has 0 aromatic carbocycles. The van der Waals surface area contributed by atoms with Crippen LogP contribution in [-0.2, 0) is 9.53 Å². The Morgan fingerprint density at radius 3 is 2.94 bits per heavy atom. The van der Waals surface area contributed by atoms with Crippen molar-refractivity contribution in [3.63, 3.8) is 0 Å². The number of hydrogen-bond acceptors (Lipinski definition) is 4. The fourth-order valence-corrected chi connectivity index (χ4v) is 2.26. The molecule has 0 fully saturated rings. The van der Waals surface area contributed by atoms with Gasteiger partial charge < -0.3 is 10.1 Å². The van der Waals surface area contributed by atoms with Gasteiger partial charge in [-0.15, -0.1) is 11.3 Å². The van der Waals surface area contributed by atoms with Crippen molar-refractivity contribution < 1.29 is 9.53 Å². The molecule has 0 aliphatic rings. The molecule has 4 heteroatoms. The van der Waals surface area contributed by atoms with Crippen LogP contribution >= 0.6 is 11.3 Å². The lowest BCUT2D eigenvalue weighted by atomic mass is 10.2. The Hall–Kier alpha value is -0.870. The minimum Gasteiger partial charge on any atom is -0.457 e. The van der Waals surface area contributed by atoms with E-state index in [9.17, 15) is 4.79 Å². The van der Waals surface area contributed by atoms with E-state index in [1.165, 1.54) is 6.92 Å². The molecule has 0 saturated carbocycles. The molecule has 1 aromatic rings. The number of rotatable bonds is 7. The van der Waals surface area contributed by atoms with Gasteiger partial charge in [-0.2, -0.15) is 0 Å². The Labute approximate surface area is 101 Å². The lowest BCUT2D eigenvalue weighted by molar-refractivity contribution is -0.146. The molecule has 1 atom stereocenters. The molecule has 1 rings (SSSR count). The van der Waals surface area contributed by atoms with Gasteiger partial charge in [0, 0.05) is 18.2 Å². The zero-order valence-corrected chi connectivity index (χ0v) is 10.7. The SMILES string of the molecule is CCCNCC[C@H](OC(C)=O)c1cccs1. The molecule has 0 aliphatic heterocycles. The normalized spacial score (nSPS) is 12.4. The zero-order chi connectivity index (χ0) is 11.8. The van der Waals surface area contributed by atoms with Crippen LogP contribution in [0.2, 0.25) is 0 Å². The molecular weight excluding hydrogens is 222 g/mol. The lowest BCUT2D eigenvalue weighted by Gasteiger charge is -2.15. The highest BCUT2D eigenvalue weighted by Gasteiger charge is 2.14. The first-order valence-corrected chi connectivity index (χ1v) is 6.53. The Bertz CT molecular complexity index is 298. The van der Waals surface area contributed by atoms with Crippen LogP contribution < -0.4 is 5.32 Å². The van der Waals surface area contributed by atoms with Crippen LogP contribution in [0, 0.1) is 0 Å². The van der Waals surface area contributed by atoms with Gasteiger partial charge >= 0.3 is 5.97 Å². The first-order chi connectivity index (χ1) is 7.74. The summed E-state index contributed by atoms with van der Waals surface area (Å²) in [5, 5.41) is 5.32. The van der Waals surface area contributed by atoms with Crippen molar-refractivity contribution >= 4 is 17.3 Å². The van der Waals surface area contributed by atoms with Gasteiger partial charge in [-0.1, -0.05) is 13.0 Å². The van der Waals surface area contributed by atoms with Crippen LogP contribution in [0.1, 0.15) is 37.7 Å². The summed E-state index contributed by atoms with van der Waals surface area (Å²) in [7, 11) is 0. The molecule has 3 nitrogen and oxygen atoms in total. The zero-order valence-electron chi connectivity index (χ0n) is 9.86. The van der Waals surface area contributed by atoms with E-state index in [-0.39, 0.29) is 12.1 Å². The van der Waals surface area contributed by atoms with Gasteiger partial charge in [0.15, 0.2) is 0 Å². The maximum absolute atomic E-state index is 11.0. The monoisotopic (exact) mass is 241 g/mol. The standard InChI is InChI=1S/C12H19NO2S/c1-3-7-13-8-6-11(15-10(2)14)12-5-4-9-16-12/h4-5,9,11,13H,3,6-8H2,1-2H3/t11-/m0/s1. The molecule has 0 amide bonds. The molecule has 0 spiro atoms. The number of hydrogen-bond donors (Lipinski definition) is 1. The first kappa shape index (κ1) is 13.2. The van der Waals surface area contributed by atoms with Gasteiger partial charge in [0.25, 0.3) is 0 Å². The highest BCUT2D eigenvalue weighted by atomic mass is 32.1. The van der Waals surface area contributed by atoms with Gasteiger partial charge in [0.2, 0.25) is 0 Å². The molecule has 1 heterocycles. The molecule has 0 saturated heterocycles. The van der Waals surface area contributed by atoms with E-state index >= 15 is 0 Å². The summed E-state index contributed by atoms with van der Waals surface area (Å²) in [6.07, 6.45) is 1.86. The van der Waals surface area contributed by atoms with Crippen LogP contribution in [0.3, 0.4) is 0 Å². The van der Waals surface area contributed by atoms with Gasteiger partial charge in [-0.3, -0.25) is 4.79 Å². The van der Waals surface area contributed by atoms with Crippen LogP contribution in [0.4, 0.5) is 0 Å². The van der Waals surface area contributed by atoms with E-state index < -0.39 is 0 Å². The minimum absolute atomic E-state index is 0.0955. The van der Waals surface area contributed by atoms with Crippen LogP contribution in [0.5, 0.6) is 0 Å². The van der Waals surface area contributed by atoms with Gasteiger partial charge in [0.1, 0.15) is 6.10 Å². The number of thiophene rings is 1. The second-order valence-corrected chi connectivity index (χ2v) is 4.63. The largest absolute Gasteiger partial charge is 0.457 e. The van der Waals surface area contributed by atoms with Crippen molar-refractivity contribution in [3.05, 3.63) is 22.4 Å². The average Bonchev–Trinajstić information content (AvgIpc) is 2.75. The Kier molecular flexibility index (Phi) is 6.11. The average molecular weight is 241 g/mol. The van der Waals surface area contributed by atoms with Crippen LogP contribution in [0.15, 0.2) is 17.5 Å². The fraction of sp³-hybridized carbons (Fsp3) is 0.583. The third-order valence-electron chi connectivity index (χ3n) is 2.18. The topological polar surface area (TPSA) is 38.3 Å². The Morgan fingerprint density at radius 2 is 2.38 bits per heavy atom. The predicted octanol–water partition coefficient (Wildman–Crippen LogP) is 2.74. The maximum Gasteiger partial charge on any atom is 0.303 e. The second-order valence-electron chi connectivity index (χ2n) is 3.65. The van der Waals surface area contributed by atoms with Crippen molar-refractivity contribution in [3.8, 4) is 0 Å². The summed E-state index contributed by atoms with van der Waals surface area (Å²) in [6.45, 7) is 5.48. The molecule has 1 aromatic heterocycles. The van der Waals surface area contributed by atoms with Crippen molar-refractivity contribution in [2.45, 2.75) is 32.8 Å². The molecule has 90 valence electrons. The van der Waals surface area contributed by atoms with Crippen molar-refractivity contribution in [2.24, 2.45) is 0 Å². The maximum atomic E-state index is 11.0. The quantitative estimate of drug-likeness (QED) is 0.589. The van der Waals surface area contributed by atoms with Gasteiger partial charge in [0.05, 0.1) is 0 Å². The van der Waals surface area contributed by atoms with E-state index in [0.717, 1.165) is 30.8 Å². The molecule has 1 N–H and O–H groups in total. The molecule has 16 heavy (non-hydrogen) atoms. The Balaban J connectivity index is 2.42. The van der Waals surface area contributed by atoms with E-state index in [1.54, 1.807) is 11.3 Å². The van der Waals surface area contributed by atoms with Gasteiger partial charge in [-0.05, 0) is 31.0 Å². The smallest absolute Gasteiger partial charge is 0.303 e. The predicted molar refractivity (Wildman–Crippen MR) is 66.6 cm³/mol. The van der Waals surface area contributed by atoms with E-state index in [2.05, 4.69) is 12.2 Å². The molecule has 0 bridgehead atoms. The highest BCUT2D eigenvalue weighted by Crippen LogP contribution is 2.25. The van der Waals surface area contributed by atoms with Crippen molar-refractivity contribution in [2.75, 3.05) is 13.1 Å². The highest BCUT2D eigenvalue weighted by molar-refractivity contribution is 7.10. The van der Waals surface area contributed by atoms with E-state index in [0.29, 0.717) is 0 Å². The summed E-state index contributed by atoms with van der Waals surface area (Å²) in [6, 6.07) is 3.99.